The van der Waals surface area contributed by atoms with Crippen molar-refractivity contribution in [2.24, 2.45) is 0 Å². The standard InChI is InChI=1S/C18H17ClN2O3/c1-11-13(19)3-2-4-14(11)20-18(23)10-12-5-6-16-15(9-12)21-17(22)7-8-24-16/h2-6,9H,7-8,10H2,1H3,(H,20,23)(H,21,22). The molecule has 0 radical (unpaired) electrons. The highest BCUT2D eigenvalue weighted by atomic mass is 35.5. The Morgan fingerprint density at radius 3 is 3.00 bits per heavy atom. The van der Waals surface area contributed by atoms with Gasteiger partial charge in [0.2, 0.25) is 11.8 Å². The predicted molar refractivity (Wildman–Crippen MR) is 93.7 cm³/mol. The van der Waals surface area contributed by atoms with Crippen LogP contribution in [0.5, 0.6) is 5.75 Å². The predicted octanol–water partition coefficient (Wildman–Crippen LogP) is 3.55. The molecule has 6 heteroatoms. The van der Waals surface area contributed by atoms with Crippen LogP contribution in [0.2, 0.25) is 5.02 Å². The van der Waals surface area contributed by atoms with Crippen LogP contribution in [-0.2, 0) is 16.0 Å². The van der Waals surface area contributed by atoms with Gasteiger partial charge in [0.1, 0.15) is 5.75 Å². The fraction of sp³-hybridized carbons (Fsp3) is 0.222. The first-order chi connectivity index (χ1) is 11.5. The summed E-state index contributed by atoms with van der Waals surface area (Å²) in [6, 6.07) is 10.7. The number of rotatable bonds is 3. The molecule has 0 bridgehead atoms. The summed E-state index contributed by atoms with van der Waals surface area (Å²) >= 11 is 6.06. The van der Waals surface area contributed by atoms with Crippen LogP contribution in [0, 0.1) is 6.92 Å². The summed E-state index contributed by atoms with van der Waals surface area (Å²) in [6.07, 6.45) is 0.508. The number of halogens is 1. The van der Waals surface area contributed by atoms with Crippen LogP contribution < -0.4 is 15.4 Å². The summed E-state index contributed by atoms with van der Waals surface area (Å²) < 4.78 is 5.50. The molecule has 1 aliphatic heterocycles. The van der Waals surface area contributed by atoms with Gasteiger partial charge in [-0.1, -0.05) is 23.7 Å². The SMILES string of the molecule is Cc1c(Cl)cccc1NC(=O)Cc1ccc2c(c1)NC(=O)CCO2. The molecule has 0 saturated heterocycles. The molecular weight excluding hydrogens is 328 g/mol. The first-order valence-electron chi connectivity index (χ1n) is 7.63. The van der Waals surface area contributed by atoms with Crippen LogP contribution in [0.3, 0.4) is 0 Å². The van der Waals surface area contributed by atoms with E-state index in [1.807, 2.05) is 19.1 Å². The van der Waals surface area contributed by atoms with Gasteiger partial charge in [-0.15, -0.1) is 0 Å². The minimum Gasteiger partial charge on any atom is -0.491 e. The molecule has 24 heavy (non-hydrogen) atoms. The van der Waals surface area contributed by atoms with Gasteiger partial charge in [0.15, 0.2) is 0 Å². The zero-order valence-corrected chi connectivity index (χ0v) is 13.9. The minimum absolute atomic E-state index is 0.0927. The van der Waals surface area contributed by atoms with E-state index in [0.717, 1.165) is 11.1 Å². The van der Waals surface area contributed by atoms with Gasteiger partial charge in [0.25, 0.3) is 0 Å². The molecule has 2 N–H and O–H groups in total. The first kappa shape index (κ1) is 16.3. The molecule has 0 unspecified atom stereocenters. The number of anilines is 2. The summed E-state index contributed by atoms with van der Waals surface area (Å²) in [5, 5.41) is 6.26. The second-order valence-corrected chi connectivity index (χ2v) is 6.02. The molecule has 0 aliphatic carbocycles. The van der Waals surface area contributed by atoms with E-state index in [1.165, 1.54) is 0 Å². The molecule has 1 heterocycles. The van der Waals surface area contributed by atoms with Crippen LogP contribution in [-0.4, -0.2) is 18.4 Å². The Morgan fingerprint density at radius 2 is 2.17 bits per heavy atom. The molecule has 2 aromatic carbocycles. The number of hydrogen-bond donors (Lipinski definition) is 2. The van der Waals surface area contributed by atoms with Gasteiger partial charge in [0.05, 0.1) is 25.1 Å². The second-order valence-electron chi connectivity index (χ2n) is 5.61. The van der Waals surface area contributed by atoms with Crippen molar-refractivity contribution in [1.29, 1.82) is 0 Å². The molecule has 0 atom stereocenters. The highest BCUT2D eigenvalue weighted by molar-refractivity contribution is 6.31. The molecule has 5 nitrogen and oxygen atoms in total. The lowest BCUT2D eigenvalue weighted by molar-refractivity contribution is -0.116. The van der Waals surface area contributed by atoms with Crippen molar-refractivity contribution in [3.8, 4) is 5.75 Å². The highest BCUT2D eigenvalue weighted by Gasteiger charge is 2.15. The summed E-state index contributed by atoms with van der Waals surface area (Å²) in [6.45, 7) is 2.21. The molecular formula is C18H17ClN2O3. The Morgan fingerprint density at radius 1 is 1.33 bits per heavy atom. The molecule has 124 valence electrons. The second kappa shape index (κ2) is 6.93. The molecule has 1 aliphatic rings. The van der Waals surface area contributed by atoms with Gasteiger partial charge in [-0.2, -0.15) is 0 Å². The highest BCUT2D eigenvalue weighted by Crippen LogP contribution is 2.28. The van der Waals surface area contributed by atoms with Gasteiger partial charge >= 0.3 is 0 Å². The molecule has 3 rings (SSSR count). The van der Waals surface area contributed by atoms with Crippen LogP contribution in [0.4, 0.5) is 11.4 Å². The van der Waals surface area contributed by atoms with Gasteiger partial charge in [-0.3, -0.25) is 9.59 Å². The Hall–Kier alpha value is -2.53. The first-order valence-corrected chi connectivity index (χ1v) is 8.01. The number of nitrogens with one attached hydrogen (secondary N) is 2. The maximum absolute atomic E-state index is 12.3. The van der Waals surface area contributed by atoms with Crippen molar-refractivity contribution in [1.82, 2.24) is 0 Å². The van der Waals surface area contributed by atoms with Gasteiger partial charge < -0.3 is 15.4 Å². The van der Waals surface area contributed by atoms with E-state index in [1.54, 1.807) is 24.3 Å². The minimum atomic E-state index is -0.152. The zero-order valence-electron chi connectivity index (χ0n) is 13.2. The van der Waals surface area contributed by atoms with Crippen molar-refractivity contribution in [2.75, 3.05) is 17.2 Å². The number of fused-ring (bicyclic) bond motifs is 1. The van der Waals surface area contributed by atoms with Crippen LogP contribution in [0.1, 0.15) is 17.5 Å². The molecule has 0 fully saturated rings. The quantitative estimate of drug-likeness (QED) is 0.894. The Kier molecular flexibility index (Phi) is 4.71. The largest absolute Gasteiger partial charge is 0.491 e. The molecule has 0 saturated carbocycles. The number of amides is 2. The Labute approximate surface area is 145 Å². The third kappa shape index (κ3) is 3.68. The topological polar surface area (TPSA) is 67.4 Å². The molecule has 2 amide bonds. The van der Waals surface area contributed by atoms with Crippen LogP contribution in [0.15, 0.2) is 36.4 Å². The number of ether oxygens (including phenoxy) is 1. The number of carbonyl (C=O) groups excluding carboxylic acids is 2. The van der Waals surface area contributed by atoms with Crippen molar-refractivity contribution in [3.05, 3.63) is 52.5 Å². The summed E-state index contributed by atoms with van der Waals surface area (Å²) in [5.74, 6) is 0.377. The third-order valence-electron chi connectivity index (χ3n) is 3.81. The van der Waals surface area contributed by atoms with E-state index in [-0.39, 0.29) is 18.2 Å². The van der Waals surface area contributed by atoms with E-state index in [0.29, 0.717) is 35.2 Å². The summed E-state index contributed by atoms with van der Waals surface area (Å²) in [4.78, 5) is 23.9. The smallest absolute Gasteiger partial charge is 0.228 e. The van der Waals surface area contributed by atoms with Gasteiger partial charge in [-0.05, 0) is 42.3 Å². The van der Waals surface area contributed by atoms with Crippen LogP contribution in [0.25, 0.3) is 0 Å². The Balaban J connectivity index is 1.73. The Bertz CT molecular complexity index is 805. The van der Waals surface area contributed by atoms with Crippen LogP contribution >= 0.6 is 11.6 Å². The third-order valence-corrected chi connectivity index (χ3v) is 4.22. The van der Waals surface area contributed by atoms with Crippen molar-refractivity contribution in [3.63, 3.8) is 0 Å². The van der Waals surface area contributed by atoms with Gasteiger partial charge in [-0.25, -0.2) is 0 Å². The van der Waals surface area contributed by atoms with E-state index < -0.39 is 0 Å². The fourth-order valence-corrected chi connectivity index (χ4v) is 2.67. The maximum Gasteiger partial charge on any atom is 0.228 e. The van der Waals surface area contributed by atoms with E-state index in [4.69, 9.17) is 16.3 Å². The number of hydrogen-bond acceptors (Lipinski definition) is 3. The lowest BCUT2D eigenvalue weighted by Crippen LogP contribution is -2.15. The lowest BCUT2D eigenvalue weighted by atomic mass is 10.1. The summed E-state index contributed by atoms with van der Waals surface area (Å²) in [5.41, 5.74) is 2.91. The van der Waals surface area contributed by atoms with Gasteiger partial charge in [0, 0.05) is 10.7 Å². The maximum atomic E-state index is 12.3. The monoisotopic (exact) mass is 344 g/mol. The van der Waals surface area contributed by atoms with E-state index in [2.05, 4.69) is 10.6 Å². The van der Waals surface area contributed by atoms with Crippen molar-refractivity contribution >= 4 is 34.8 Å². The van der Waals surface area contributed by atoms with Crippen molar-refractivity contribution < 1.29 is 14.3 Å². The fourth-order valence-electron chi connectivity index (χ4n) is 2.50. The number of benzene rings is 2. The molecule has 0 aromatic heterocycles. The molecule has 0 spiro atoms. The zero-order chi connectivity index (χ0) is 17.1. The van der Waals surface area contributed by atoms with Crippen molar-refractivity contribution in [2.45, 2.75) is 19.8 Å². The van der Waals surface area contributed by atoms with E-state index in [9.17, 15) is 9.59 Å². The lowest BCUT2D eigenvalue weighted by Gasteiger charge is -2.11. The van der Waals surface area contributed by atoms with E-state index >= 15 is 0 Å². The summed E-state index contributed by atoms with van der Waals surface area (Å²) in [7, 11) is 0. The average Bonchev–Trinajstić information content (AvgIpc) is 2.72. The number of carbonyl (C=O) groups is 2. The normalized spacial score (nSPS) is 13.3. The average molecular weight is 345 g/mol. The molecule has 2 aromatic rings.